The lowest BCUT2D eigenvalue weighted by Crippen LogP contribution is -2.43. The predicted molar refractivity (Wildman–Crippen MR) is 116 cm³/mol. The zero-order valence-electron chi connectivity index (χ0n) is 18.2. The number of carbonyl (C=O) groups is 2. The van der Waals surface area contributed by atoms with E-state index in [2.05, 4.69) is 10.3 Å². The standard InChI is InChI=1S/C22H34N4O3/c1-15(2)24-14-17-7-6-8-18(19(17)23)20(27)25-13-16-9-11-26(12-10-16)21(28)29-22(3,4)5/h6-8,14-16H,9-13,23H2,1-5H3,(H,25,27). The molecule has 1 saturated heterocycles. The maximum absolute atomic E-state index is 12.6. The molecular weight excluding hydrogens is 368 g/mol. The SMILES string of the molecule is CC(C)N=Cc1cccc(C(=O)NCC2CCN(C(=O)OC(C)(C)C)CC2)c1N. The molecule has 1 aliphatic rings. The Hall–Kier alpha value is -2.57. The highest BCUT2D eigenvalue weighted by molar-refractivity contribution is 6.03. The molecule has 160 valence electrons. The number of rotatable bonds is 5. The number of anilines is 1. The fraction of sp³-hybridized carbons (Fsp3) is 0.591. The van der Waals surface area contributed by atoms with Gasteiger partial charge in [-0.3, -0.25) is 9.79 Å². The number of hydrogen-bond donors (Lipinski definition) is 2. The van der Waals surface area contributed by atoms with Crippen LogP contribution >= 0.6 is 0 Å². The molecule has 7 heteroatoms. The van der Waals surface area contributed by atoms with Gasteiger partial charge >= 0.3 is 6.09 Å². The van der Waals surface area contributed by atoms with E-state index in [0.717, 1.165) is 18.4 Å². The second-order valence-corrected chi connectivity index (χ2v) is 8.80. The summed E-state index contributed by atoms with van der Waals surface area (Å²) in [5, 5.41) is 2.99. The van der Waals surface area contributed by atoms with E-state index >= 15 is 0 Å². The van der Waals surface area contributed by atoms with Crippen molar-refractivity contribution >= 4 is 23.9 Å². The van der Waals surface area contributed by atoms with E-state index in [0.29, 0.717) is 36.8 Å². The van der Waals surface area contributed by atoms with Gasteiger partial charge in [0.25, 0.3) is 5.91 Å². The van der Waals surface area contributed by atoms with Crippen LogP contribution in [0.5, 0.6) is 0 Å². The van der Waals surface area contributed by atoms with Crippen molar-refractivity contribution in [1.82, 2.24) is 10.2 Å². The van der Waals surface area contributed by atoms with Gasteiger partial charge in [0.2, 0.25) is 0 Å². The number of piperidine rings is 1. The lowest BCUT2D eigenvalue weighted by molar-refractivity contribution is 0.0183. The average Bonchev–Trinajstić information content (AvgIpc) is 2.64. The van der Waals surface area contributed by atoms with E-state index in [1.54, 1.807) is 17.2 Å². The molecule has 1 aliphatic heterocycles. The van der Waals surface area contributed by atoms with E-state index in [9.17, 15) is 9.59 Å². The summed E-state index contributed by atoms with van der Waals surface area (Å²) in [6, 6.07) is 5.55. The van der Waals surface area contributed by atoms with Gasteiger partial charge in [-0.25, -0.2) is 4.79 Å². The normalized spacial score (nSPS) is 15.7. The number of nitrogens with two attached hydrogens (primary N) is 1. The summed E-state index contributed by atoms with van der Waals surface area (Å²) >= 11 is 0. The van der Waals surface area contributed by atoms with Crippen LogP contribution in [-0.4, -0.2) is 54.4 Å². The number of aliphatic imine (C=N–C) groups is 1. The summed E-state index contributed by atoms with van der Waals surface area (Å²) in [6.45, 7) is 11.4. The quantitative estimate of drug-likeness (QED) is 0.582. The van der Waals surface area contributed by atoms with Crippen LogP contribution in [0.3, 0.4) is 0 Å². The molecule has 0 saturated carbocycles. The van der Waals surface area contributed by atoms with Gasteiger partial charge in [-0.2, -0.15) is 0 Å². The van der Waals surface area contributed by atoms with Crippen LogP contribution in [0.4, 0.5) is 10.5 Å². The van der Waals surface area contributed by atoms with Crippen LogP contribution in [0.2, 0.25) is 0 Å². The Labute approximate surface area is 173 Å². The Morgan fingerprint density at radius 3 is 2.55 bits per heavy atom. The molecule has 3 N–H and O–H groups in total. The highest BCUT2D eigenvalue weighted by Crippen LogP contribution is 2.20. The van der Waals surface area contributed by atoms with Gasteiger partial charge in [-0.15, -0.1) is 0 Å². The number of nitrogen functional groups attached to an aromatic ring is 1. The minimum absolute atomic E-state index is 0.165. The van der Waals surface area contributed by atoms with E-state index in [1.807, 2.05) is 46.8 Å². The highest BCUT2D eigenvalue weighted by Gasteiger charge is 2.27. The van der Waals surface area contributed by atoms with Gasteiger partial charge in [0, 0.05) is 37.5 Å². The fourth-order valence-corrected chi connectivity index (χ4v) is 3.10. The molecule has 0 aromatic heterocycles. The van der Waals surface area contributed by atoms with Crippen LogP contribution < -0.4 is 11.1 Å². The van der Waals surface area contributed by atoms with Crippen molar-refractivity contribution in [3.63, 3.8) is 0 Å². The molecule has 1 aromatic rings. The Balaban J connectivity index is 1.86. The molecule has 29 heavy (non-hydrogen) atoms. The monoisotopic (exact) mass is 402 g/mol. The number of nitrogens with zero attached hydrogens (tertiary/aromatic N) is 2. The molecule has 1 fully saturated rings. The summed E-state index contributed by atoms with van der Waals surface area (Å²) in [5.74, 6) is 0.140. The van der Waals surface area contributed by atoms with Crippen LogP contribution in [0.15, 0.2) is 23.2 Å². The van der Waals surface area contributed by atoms with Crippen molar-refractivity contribution in [3.8, 4) is 0 Å². The van der Waals surface area contributed by atoms with Crippen molar-refractivity contribution in [2.75, 3.05) is 25.4 Å². The molecule has 7 nitrogen and oxygen atoms in total. The Bertz CT molecular complexity index is 745. The molecule has 0 aliphatic carbocycles. The topological polar surface area (TPSA) is 97.0 Å². The van der Waals surface area contributed by atoms with Crippen LogP contribution in [0.25, 0.3) is 0 Å². The molecule has 2 rings (SSSR count). The number of likely N-dealkylation sites (tertiary alicyclic amines) is 1. The predicted octanol–water partition coefficient (Wildman–Crippen LogP) is 3.47. The Kier molecular flexibility index (Phi) is 7.65. The van der Waals surface area contributed by atoms with Gasteiger partial charge in [-0.1, -0.05) is 12.1 Å². The summed E-state index contributed by atoms with van der Waals surface area (Å²) in [7, 11) is 0. The minimum Gasteiger partial charge on any atom is -0.444 e. The van der Waals surface area contributed by atoms with E-state index in [1.165, 1.54) is 0 Å². The first-order chi connectivity index (χ1) is 13.6. The molecule has 0 unspecified atom stereocenters. The average molecular weight is 403 g/mol. The lowest BCUT2D eigenvalue weighted by Gasteiger charge is -2.33. The number of carbonyl (C=O) groups excluding carboxylic acids is 2. The molecule has 2 amide bonds. The van der Waals surface area contributed by atoms with Gasteiger partial charge in [0.15, 0.2) is 0 Å². The number of hydrogen-bond acceptors (Lipinski definition) is 5. The van der Waals surface area contributed by atoms with E-state index in [4.69, 9.17) is 10.5 Å². The first-order valence-corrected chi connectivity index (χ1v) is 10.2. The molecule has 0 radical (unpaired) electrons. The number of nitrogens with one attached hydrogen (secondary N) is 1. The van der Waals surface area contributed by atoms with Crippen LogP contribution in [-0.2, 0) is 4.74 Å². The second kappa shape index (κ2) is 9.76. The van der Waals surface area contributed by atoms with Crippen LogP contribution in [0.1, 0.15) is 63.4 Å². The number of para-hydroxylation sites is 1. The summed E-state index contributed by atoms with van der Waals surface area (Å²) in [5.41, 5.74) is 7.33. The number of ether oxygens (including phenoxy) is 1. The van der Waals surface area contributed by atoms with Crippen molar-refractivity contribution in [2.45, 2.75) is 59.1 Å². The van der Waals surface area contributed by atoms with Crippen molar-refractivity contribution < 1.29 is 14.3 Å². The summed E-state index contributed by atoms with van der Waals surface area (Å²) < 4.78 is 5.42. The van der Waals surface area contributed by atoms with Crippen molar-refractivity contribution in [3.05, 3.63) is 29.3 Å². The van der Waals surface area contributed by atoms with Gasteiger partial charge in [-0.05, 0) is 59.4 Å². The third-order valence-electron chi connectivity index (χ3n) is 4.71. The minimum atomic E-state index is -0.490. The van der Waals surface area contributed by atoms with Crippen LogP contribution in [0, 0.1) is 5.92 Å². The Morgan fingerprint density at radius 1 is 1.31 bits per heavy atom. The zero-order chi connectivity index (χ0) is 21.6. The first kappa shape index (κ1) is 22.7. The smallest absolute Gasteiger partial charge is 0.410 e. The number of benzene rings is 1. The van der Waals surface area contributed by atoms with Crippen molar-refractivity contribution in [1.29, 1.82) is 0 Å². The maximum atomic E-state index is 12.6. The van der Waals surface area contributed by atoms with E-state index in [-0.39, 0.29) is 18.0 Å². The zero-order valence-corrected chi connectivity index (χ0v) is 18.2. The number of amides is 2. The van der Waals surface area contributed by atoms with Gasteiger partial charge in [0.05, 0.1) is 11.3 Å². The molecule has 1 aromatic carbocycles. The maximum Gasteiger partial charge on any atom is 0.410 e. The summed E-state index contributed by atoms with van der Waals surface area (Å²) in [4.78, 5) is 30.8. The largest absolute Gasteiger partial charge is 0.444 e. The van der Waals surface area contributed by atoms with Crippen molar-refractivity contribution in [2.24, 2.45) is 10.9 Å². The third kappa shape index (κ3) is 7.07. The lowest BCUT2D eigenvalue weighted by atomic mass is 9.97. The van der Waals surface area contributed by atoms with Gasteiger partial charge < -0.3 is 20.7 Å². The molecule has 1 heterocycles. The molecule has 0 atom stereocenters. The molecular formula is C22H34N4O3. The fourth-order valence-electron chi connectivity index (χ4n) is 3.10. The second-order valence-electron chi connectivity index (χ2n) is 8.80. The van der Waals surface area contributed by atoms with E-state index < -0.39 is 5.60 Å². The first-order valence-electron chi connectivity index (χ1n) is 10.2. The molecule has 0 spiro atoms. The third-order valence-corrected chi connectivity index (χ3v) is 4.71. The Morgan fingerprint density at radius 2 is 1.97 bits per heavy atom. The summed E-state index contributed by atoms with van der Waals surface area (Å²) in [6.07, 6.45) is 3.10. The molecule has 0 bridgehead atoms. The highest BCUT2D eigenvalue weighted by atomic mass is 16.6. The van der Waals surface area contributed by atoms with Gasteiger partial charge in [0.1, 0.15) is 5.60 Å².